The van der Waals surface area contributed by atoms with Crippen LogP contribution in [0.5, 0.6) is 23.0 Å². The third kappa shape index (κ3) is 5.51. The molecule has 51 heavy (non-hydrogen) atoms. The largest absolute Gasteiger partial charge is 0.457 e. The molecule has 9 rings (SSSR count). The molecule has 248 valence electrons. The molecule has 0 saturated heterocycles. The molecule has 0 saturated carbocycles. The van der Waals surface area contributed by atoms with Crippen molar-refractivity contribution in [2.45, 2.75) is 19.3 Å². The van der Waals surface area contributed by atoms with E-state index in [1.54, 1.807) is 0 Å². The van der Waals surface area contributed by atoms with Gasteiger partial charge in [-0.05, 0) is 66.2 Å². The molecule has 0 unspecified atom stereocenters. The molecule has 1 aliphatic rings. The molecule has 2 aromatic heterocycles. The average molecular weight is 666 g/mol. The molecule has 8 aromatic rings. The zero-order valence-corrected chi connectivity index (χ0v) is 28.4. The lowest BCUT2D eigenvalue weighted by atomic mass is 9.78. The van der Waals surface area contributed by atoms with Crippen LogP contribution >= 0.6 is 0 Å². The van der Waals surface area contributed by atoms with Crippen molar-refractivity contribution in [3.05, 3.63) is 175 Å². The van der Waals surface area contributed by atoms with Crippen LogP contribution in [-0.4, -0.2) is 11.7 Å². The van der Waals surface area contributed by atoms with Crippen molar-refractivity contribution in [2.24, 2.45) is 0 Å². The number of aromatic nitrogens is 1. The molecule has 0 radical (unpaired) electrons. The minimum atomic E-state index is -0.295. The summed E-state index contributed by atoms with van der Waals surface area (Å²) in [7, 11) is 0. The lowest BCUT2D eigenvalue weighted by Crippen LogP contribution is -2.24. The van der Waals surface area contributed by atoms with E-state index in [1.165, 1.54) is 5.56 Å². The van der Waals surface area contributed by atoms with Crippen molar-refractivity contribution in [1.82, 2.24) is 4.98 Å². The van der Waals surface area contributed by atoms with E-state index in [-0.39, 0.29) is 5.41 Å². The third-order valence-electron chi connectivity index (χ3n) is 9.79. The van der Waals surface area contributed by atoms with Crippen molar-refractivity contribution >= 4 is 44.7 Å². The molecular weight excluding hydrogens is 631 g/mol. The van der Waals surface area contributed by atoms with E-state index in [0.717, 1.165) is 73.2 Å². The van der Waals surface area contributed by atoms with Gasteiger partial charge in [-0.15, -0.1) is 0 Å². The van der Waals surface area contributed by atoms with Crippen molar-refractivity contribution in [2.75, 3.05) is 16.5 Å². The van der Waals surface area contributed by atoms with Crippen molar-refractivity contribution in [3.8, 4) is 23.0 Å². The van der Waals surface area contributed by atoms with Crippen LogP contribution in [0.15, 0.2) is 168 Å². The summed E-state index contributed by atoms with van der Waals surface area (Å²) in [5, 5.41) is 2.17. The fourth-order valence-electron chi connectivity index (χ4n) is 7.13. The Morgan fingerprint density at radius 1 is 0.569 bits per heavy atom. The predicted molar refractivity (Wildman–Crippen MR) is 205 cm³/mol. The molecule has 0 fully saturated rings. The van der Waals surface area contributed by atoms with Gasteiger partial charge in [0.15, 0.2) is 5.75 Å². The van der Waals surface area contributed by atoms with Gasteiger partial charge in [0.05, 0.1) is 23.3 Å². The lowest BCUT2D eigenvalue weighted by molar-refractivity contribution is 0.459. The summed E-state index contributed by atoms with van der Waals surface area (Å²) in [5.41, 5.74) is 7.82. The van der Waals surface area contributed by atoms with Crippen LogP contribution in [0.25, 0.3) is 21.9 Å². The smallest absolute Gasteiger partial charge is 0.151 e. The first-order valence-corrected chi connectivity index (χ1v) is 17.1. The Kier molecular flexibility index (Phi) is 7.43. The maximum Gasteiger partial charge on any atom is 0.151 e. The molecule has 3 heterocycles. The van der Waals surface area contributed by atoms with Gasteiger partial charge in [0.25, 0.3) is 0 Å². The van der Waals surface area contributed by atoms with E-state index >= 15 is 0 Å². The zero-order valence-electron chi connectivity index (χ0n) is 28.4. The van der Waals surface area contributed by atoms with Gasteiger partial charge in [-0.2, -0.15) is 0 Å². The van der Waals surface area contributed by atoms with Gasteiger partial charge < -0.3 is 23.7 Å². The SMILES string of the molecule is CC(C)(c1ccccc1)c1ccncc1Oc1ccccc1N1CN(c2cccc(Oc3ccc4c(c3)oc3ccccc34)c2)c2ccccc21. The molecule has 0 atom stereocenters. The van der Waals surface area contributed by atoms with Crippen LogP contribution in [0, 0.1) is 0 Å². The quantitative estimate of drug-likeness (QED) is 0.161. The highest BCUT2D eigenvalue weighted by atomic mass is 16.5. The average Bonchev–Trinajstić information content (AvgIpc) is 3.74. The zero-order chi connectivity index (χ0) is 34.4. The van der Waals surface area contributed by atoms with Gasteiger partial charge in [-0.1, -0.05) is 92.7 Å². The first kappa shape index (κ1) is 30.5. The number of ether oxygens (including phenoxy) is 2. The first-order chi connectivity index (χ1) is 25.0. The molecule has 0 aliphatic carbocycles. The van der Waals surface area contributed by atoms with E-state index in [2.05, 4.69) is 120 Å². The van der Waals surface area contributed by atoms with Gasteiger partial charge in [0.2, 0.25) is 0 Å². The molecule has 6 heteroatoms. The van der Waals surface area contributed by atoms with Crippen LogP contribution in [0.3, 0.4) is 0 Å². The summed E-state index contributed by atoms with van der Waals surface area (Å²) in [5.74, 6) is 2.95. The van der Waals surface area contributed by atoms with Gasteiger partial charge in [-0.3, -0.25) is 4.98 Å². The molecule has 6 nitrogen and oxygen atoms in total. The van der Waals surface area contributed by atoms with E-state index < -0.39 is 0 Å². The Bertz CT molecular complexity index is 2520. The second-order valence-electron chi connectivity index (χ2n) is 13.3. The fourth-order valence-corrected chi connectivity index (χ4v) is 7.13. The number of pyridine rings is 1. The highest BCUT2D eigenvalue weighted by Gasteiger charge is 2.31. The van der Waals surface area contributed by atoms with Crippen LogP contribution in [0.2, 0.25) is 0 Å². The number of anilines is 4. The summed E-state index contributed by atoms with van der Waals surface area (Å²) < 4.78 is 19.3. The number of fused-ring (bicyclic) bond motifs is 4. The van der Waals surface area contributed by atoms with Gasteiger partial charge in [0, 0.05) is 45.8 Å². The minimum Gasteiger partial charge on any atom is -0.457 e. The van der Waals surface area contributed by atoms with Crippen molar-refractivity contribution in [3.63, 3.8) is 0 Å². The molecule has 0 bridgehead atoms. The summed E-state index contributed by atoms with van der Waals surface area (Å²) in [6, 6.07) is 51.6. The van der Waals surface area contributed by atoms with E-state index in [4.69, 9.17) is 13.9 Å². The van der Waals surface area contributed by atoms with Crippen LogP contribution in [-0.2, 0) is 5.41 Å². The second-order valence-corrected chi connectivity index (χ2v) is 13.3. The Morgan fingerprint density at radius 3 is 2.14 bits per heavy atom. The summed E-state index contributed by atoms with van der Waals surface area (Å²) >= 11 is 0. The topological polar surface area (TPSA) is 51.0 Å². The molecule has 6 aromatic carbocycles. The molecule has 1 aliphatic heterocycles. The molecular formula is C45H35N3O3. The summed E-state index contributed by atoms with van der Waals surface area (Å²) in [6.45, 7) is 5.03. The van der Waals surface area contributed by atoms with Crippen molar-refractivity contribution < 1.29 is 13.9 Å². The Morgan fingerprint density at radius 2 is 1.27 bits per heavy atom. The minimum absolute atomic E-state index is 0.295. The molecule has 0 amide bonds. The number of rotatable bonds is 8. The maximum absolute atomic E-state index is 6.80. The number of nitrogens with zero attached hydrogens (tertiary/aromatic N) is 3. The Labute approximate surface area is 296 Å². The molecule has 0 N–H and O–H groups in total. The van der Waals surface area contributed by atoms with Gasteiger partial charge in [-0.25, -0.2) is 0 Å². The van der Waals surface area contributed by atoms with E-state index in [1.807, 2.05) is 73.1 Å². The van der Waals surface area contributed by atoms with Crippen LogP contribution in [0.1, 0.15) is 25.0 Å². The van der Waals surface area contributed by atoms with E-state index in [0.29, 0.717) is 6.67 Å². The number of furan rings is 1. The number of hydrogen-bond acceptors (Lipinski definition) is 6. The second kappa shape index (κ2) is 12.4. The van der Waals surface area contributed by atoms with Crippen LogP contribution in [0.4, 0.5) is 22.7 Å². The highest BCUT2D eigenvalue weighted by Crippen LogP contribution is 2.48. The molecule has 0 spiro atoms. The van der Waals surface area contributed by atoms with Gasteiger partial charge >= 0.3 is 0 Å². The number of hydrogen-bond donors (Lipinski definition) is 0. The van der Waals surface area contributed by atoms with Crippen molar-refractivity contribution in [1.29, 1.82) is 0 Å². The van der Waals surface area contributed by atoms with E-state index in [9.17, 15) is 0 Å². The van der Waals surface area contributed by atoms with Gasteiger partial charge in [0.1, 0.15) is 35.1 Å². The number of benzene rings is 6. The number of para-hydroxylation sites is 5. The summed E-state index contributed by atoms with van der Waals surface area (Å²) in [4.78, 5) is 9.06. The summed E-state index contributed by atoms with van der Waals surface area (Å²) in [6.07, 6.45) is 3.65. The normalized spacial score (nSPS) is 12.7. The standard InChI is InChI=1S/C45H35N3O3/c1-45(2,31-13-4-3-5-14-31)37-25-26-46-29-44(37)51-42-22-11-9-20-40(42)48-30-47(38-18-7-8-19-39(38)48)32-15-12-16-33(27-32)49-34-23-24-36-35-17-6-10-21-41(35)50-43(36)28-34/h3-29H,30H2,1-2H3. The highest BCUT2D eigenvalue weighted by molar-refractivity contribution is 6.05. The predicted octanol–water partition coefficient (Wildman–Crippen LogP) is 12.1. The Hall–Kier alpha value is -6.53. The third-order valence-corrected chi connectivity index (χ3v) is 9.79. The lowest BCUT2D eigenvalue weighted by Gasteiger charge is -2.29. The fraction of sp³-hybridized carbons (Fsp3) is 0.0889. The first-order valence-electron chi connectivity index (χ1n) is 17.1. The monoisotopic (exact) mass is 665 g/mol. The maximum atomic E-state index is 6.80. The Balaban J connectivity index is 1.02. The van der Waals surface area contributed by atoms with Crippen LogP contribution < -0.4 is 19.3 Å².